The molecule has 1 amide bonds. The second-order valence-electron chi connectivity index (χ2n) is 5.51. The number of carbonyl (C=O) groups excluding carboxylic acids is 1. The molecular weight excluding hydrogens is 286 g/mol. The van der Waals surface area contributed by atoms with Gasteiger partial charge in [-0.25, -0.2) is 0 Å². The van der Waals surface area contributed by atoms with E-state index in [1.807, 2.05) is 55.3 Å². The molecule has 3 rings (SSSR count). The van der Waals surface area contributed by atoms with Gasteiger partial charge in [0.25, 0.3) is 0 Å². The molecule has 1 aromatic carbocycles. The van der Waals surface area contributed by atoms with E-state index in [0.717, 1.165) is 40.8 Å². The van der Waals surface area contributed by atoms with E-state index in [2.05, 4.69) is 16.0 Å². The monoisotopic (exact) mass is 307 g/mol. The number of pyridine rings is 1. The quantitative estimate of drug-likeness (QED) is 0.782. The van der Waals surface area contributed by atoms with Gasteiger partial charge in [0.15, 0.2) is 0 Å². The molecule has 0 spiro atoms. The zero-order chi connectivity index (χ0) is 16.2. The second kappa shape index (κ2) is 6.65. The minimum Gasteiger partial charge on any atom is -0.354 e. The fourth-order valence-electron chi connectivity index (χ4n) is 2.98. The third-order valence-electron chi connectivity index (χ3n) is 4.21. The molecule has 0 radical (unpaired) electrons. The fourth-order valence-corrected chi connectivity index (χ4v) is 2.98. The Morgan fingerprint density at radius 1 is 1.13 bits per heavy atom. The smallest absolute Gasteiger partial charge is 0.227 e. The van der Waals surface area contributed by atoms with Crippen molar-refractivity contribution in [3.8, 4) is 11.3 Å². The number of amides is 1. The Hall–Kier alpha value is -2.62. The average molecular weight is 307 g/mol. The van der Waals surface area contributed by atoms with Gasteiger partial charge in [0.2, 0.25) is 5.91 Å². The molecule has 0 aliphatic heterocycles. The number of benzene rings is 1. The van der Waals surface area contributed by atoms with Crippen LogP contribution in [-0.2, 0) is 11.2 Å². The van der Waals surface area contributed by atoms with Gasteiger partial charge in [-0.15, -0.1) is 0 Å². The third kappa shape index (κ3) is 2.97. The number of nitrogens with one attached hydrogen (secondary N) is 1. The van der Waals surface area contributed by atoms with Gasteiger partial charge in [0.05, 0.1) is 12.1 Å². The van der Waals surface area contributed by atoms with E-state index in [1.165, 1.54) is 0 Å². The summed E-state index contributed by atoms with van der Waals surface area (Å²) < 4.78 is 0. The van der Waals surface area contributed by atoms with Crippen LogP contribution < -0.4 is 0 Å². The maximum absolute atomic E-state index is 12.6. The number of nitrogens with zero attached hydrogens (tertiary/aromatic N) is 2. The average Bonchev–Trinajstić information content (AvgIpc) is 2.95. The Kier molecular flexibility index (Phi) is 4.42. The lowest BCUT2D eigenvalue weighted by Crippen LogP contribution is -2.31. The zero-order valence-corrected chi connectivity index (χ0v) is 13.5. The van der Waals surface area contributed by atoms with Crippen molar-refractivity contribution in [1.29, 1.82) is 0 Å². The minimum absolute atomic E-state index is 0.157. The molecule has 4 heteroatoms. The summed E-state index contributed by atoms with van der Waals surface area (Å²) in [7, 11) is 0. The van der Waals surface area contributed by atoms with Gasteiger partial charge in [-0.2, -0.15) is 0 Å². The van der Waals surface area contributed by atoms with Crippen molar-refractivity contribution in [2.45, 2.75) is 20.3 Å². The van der Waals surface area contributed by atoms with Gasteiger partial charge in [0.1, 0.15) is 0 Å². The van der Waals surface area contributed by atoms with Gasteiger partial charge >= 0.3 is 0 Å². The first-order valence-electron chi connectivity index (χ1n) is 8.02. The van der Waals surface area contributed by atoms with E-state index >= 15 is 0 Å². The van der Waals surface area contributed by atoms with Crippen LogP contribution in [0.3, 0.4) is 0 Å². The van der Waals surface area contributed by atoms with Gasteiger partial charge < -0.3 is 9.88 Å². The predicted molar refractivity (Wildman–Crippen MR) is 93.2 cm³/mol. The lowest BCUT2D eigenvalue weighted by Gasteiger charge is -2.18. The van der Waals surface area contributed by atoms with Crippen molar-refractivity contribution in [3.05, 3.63) is 54.4 Å². The molecule has 0 saturated heterocycles. The van der Waals surface area contributed by atoms with E-state index in [-0.39, 0.29) is 5.91 Å². The SMILES string of the molecule is CCN(CC)C(=O)Cc1c(-c2cccnc2)[nH]c2ccccc12. The van der Waals surface area contributed by atoms with Crippen LogP contribution in [0.15, 0.2) is 48.8 Å². The molecule has 0 bridgehead atoms. The van der Waals surface area contributed by atoms with E-state index in [9.17, 15) is 4.79 Å². The summed E-state index contributed by atoms with van der Waals surface area (Å²) in [6.45, 7) is 5.50. The Labute approximate surface area is 136 Å². The Morgan fingerprint density at radius 3 is 2.61 bits per heavy atom. The number of fused-ring (bicyclic) bond motifs is 1. The van der Waals surface area contributed by atoms with E-state index in [4.69, 9.17) is 0 Å². The van der Waals surface area contributed by atoms with Crippen molar-refractivity contribution < 1.29 is 4.79 Å². The van der Waals surface area contributed by atoms with E-state index < -0.39 is 0 Å². The highest BCUT2D eigenvalue weighted by atomic mass is 16.2. The normalized spacial score (nSPS) is 10.9. The van der Waals surface area contributed by atoms with Crippen molar-refractivity contribution in [2.75, 3.05) is 13.1 Å². The van der Waals surface area contributed by atoms with Crippen molar-refractivity contribution >= 4 is 16.8 Å². The van der Waals surface area contributed by atoms with Crippen LogP contribution in [0, 0.1) is 0 Å². The molecule has 0 aliphatic carbocycles. The van der Waals surface area contributed by atoms with Gasteiger partial charge in [-0.1, -0.05) is 18.2 Å². The number of hydrogen-bond donors (Lipinski definition) is 1. The Balaban J connectivity index is 2.08. The molecule has 2 heterocycles. The number of aromatic nitrogens is 2. The molecule has 0 unspecified atom stereocenters. The molecule has 118 valence electrons. The predicted octanol–water partition coefficient (Wildman–Crippen LogP) is 3.64. The number of likely N-dealkylation sites (N-methyl/N-ethyl adjacent to an activating group) is 1. The summed E-state index contributed by atoms with van der Waals surface area (Å²) in [5, 5.41) is 1.10. The summed E-state index contributed by atoms with van der Waals surface area (Å²) in [5.41, 5.74) is 4.09. The minimum atomic E-state index is 0.157. The molecule has 0 aliphatic rings. The van der Waals surface area contributed by atoms with Gasteiger partial charge in [0, 0.05) is 41.9 Å². The molecular formula is C19H21N3O. The van der Waals surface area contributed by atoms with Gasteiger partial charge in [-0.3, -0.25) is 9.78 Å². The first-order chi connectivity index (χ1) is 11.2. The van der Waals surface area contributed by atoms with Crippen molar-refractivity contribution in [2.24, 2.45) is 0 Å². The molecule has 0 fully saturated rings. The summed E-state index contributed by atoms with van der Waals surface area (Å²) in [6.07, 6.45) is 3.99. The first-order valence-corrected chi connectivity index (χ1v) is 8.02. The standard InChI is InChI=1S/C19H21N3O/c1-3-22(4-2)18(23)12-16-15-9-5-6-10-17(15)21-19(16)14-8-7-11-20-13-14/h5-11,13,21H,3-4,12H2,1-2H3. The number of H-pyrrole nitrogens is 1. The van der Waals surface area contributed by atoms with Crippen LogP contribution in [0.5, 0.6) is 0 Å². The largest absolute Gasteiger partial charge is 0.354 e. The van der Waals surface area contributed by atoms with Crippen molar-refractivity contribution in [1.82, 2.24) is 14.9 Å². The van der Waals surface area contributed by atoms with E-state index in [1.54, 1.807) is 6.20 Å². The number of aromatic amines is 1. The lowest BCUT2D eigenvalue weighted by atomic mass is 10.0. The van der Waals surface area contributed by atoms with Crippen molar-refractivity contribution in [3.63, 3.8) is 0 Å². The Bertz CT molecular complexity index is 804. The zero-order valence-electron chi connectivity index (χ0n) is 13.5. The maximum Gasteiger partial charge on any atom is 0.227 e. The maximum atomic E-state index is 12.6. The van der Waals surface area contributed by atoms with Gasteiger partial charge in [-0.05, 0) is 37.6 Å². The van der Waals surface area contributed by atoms with Crippen LogP contribution in [0.25, 0.3) is 22.2 Å². The highest BCUT2D eigenvalue weighted by Gasteiger charge is 2.18. The molecule has 0 atom stereocenters. The number of carbonyl (C=O) groups is 1. The third-order valence-corrected chi connectivity index (χ3v) is 4.21. The van der Waals surface area contributed by atoms with Crippen LogP contribution in [-0.4, -0.2) is 33.9 Å². The summed E-state index contributed by atoms with van der Waals surface area (Å²) in [5.74, 6) is 0.157. The highest BCUT2D eigenvalue weighted by Crippen LogP contribution is 2.30. The lowest BCUT2D eigenvalue weighted by molar-refractivity contribution is -0.130. The summed E-state index contributed by atoms with van der Waals surface area (Å²) in [4.78, 5) is 22.1. The molecule has 1 N–H and O–H groups in total. The summed E-state index contributed by atoms with van der Waals surface area (Å²) in [6, 6.07) is 12.0. The molecule has 2 aromatic heterocycles. The van der Waals surface area contributed by atoms with Crippen LogP contribution >= 0.6 is 0 Å². The van der Waals surface area contributed by atoms with E-state index in [0.29, 0.717) is 6.42 Å². The summed E-state index contributed by atoms with van der Waals surface area (Å²) >= 11 is 0. The number of para-hydroxylation sites is 1. The topological polar surface area (TPSA) is 49.0 Å². The van der Waals surface area contributed by atoms with Crippen LogP contribution in [0.2, 0.25) is 0 Å². The Morgan fingerprint density at radius 2 is 1.91 bits per heavy atom. The number of hydrogen-bond acceptors (Lipinski definition) is 2. The highest BCUT2D eigenvalue weighted by molar-refractivity contribution is 5.95. The molecule has 3 aromatic rings. The number of rotatable bonds is 5. The molecule has 23 heavy (non-hydrogen) atoms. The fraction of sp³-hybridized carbons (Fsp3) is 0.263. The second-order valence-corrected chi connectivity index (χ2v) is 5.51. The molecule has 4 nitrogen and oxygen atoms in total. The first kappa shape index (κ1) is 15.3. The van der Waals surface area contributed by atoms with Crippen LogP contribution in [0.1, 0.15) is 19.4 Å². The molecule has 0 saturated carbocycles. The van der Waals surface area contributed by atoms with Crippen LogP contribution in [0.4, 0.5) is 0 Å².